The molecule has 6 rings (SSSR count). The van der Waals surface area contributed by atoms with Crippen molar-refractivity contribution in [2.75, 3.05) is 5.73 Å². The average molecular weight is 557 g/mol. The molecule has 0 saturated carbocycles. The Bertz CT molecular complexity index is 2190. The molecule has 6 aromatic rings. The zero-order chi connectivity index (χ0) is 29.4. The minimum absolute atomic E-state index is 0.0343. The Morgan fingerprint density at radius 3 is 2.60 bits per heavy atom. The van der Waals surface area contributed by atoms with Gasteiger partial charge in [-0.1, -0.05) is 36.1 Å². The van der Waals surface area contributed by atoms with Crippen molar-refractivity contribution in [1.82, 2.24) is 34.0 Å². The Hall–Kier alpha value is -6.02. The lowest BCUT2D eigenvalue weighted by Gasteiger charge is -2.20. The van der Waals surface area contributed by atoms with Crippen molar-refractivity contribution >= 4 is 28.3 Å². The molecule has 1 amide bonds. The van der Waals surface area contributed by atoms with Crippen LogP contribution in [0.25, 0.3) is 22.2 Å². The van der Waals surface area contributed by atoms with Crippen LogP contribution in [0, 0.1) is 11.8 Å². The predicted octanol–water partition coefficient (Wildman–Crippen LogP) is 2.60. The van der Waals surface area contributed by atoms with E-state index < -0.39 is 11.9 Å². The number of aryl methyl sites for hydroxylation is 1. The maximum absolute atomic E-state index is 14.2. The SMILES string of the molecule is CC(NC(=O)c1c(N)nn2cccnc12)c1nc2cccc(C#Cc3ccc(=O)n(C)c3)c2c(=O)n1-c1ccccc1. The molecule has 0 aliphatic heterocycles. The molecule has 0 aliphatic carbocycles. The zero-order valence-corrected chi connectivity index (χ0v) is 22.6. The van der Waals surface area contributed by atoms with Gasteiger partial charge in [-0.05, 0) is 43.3 Å². The molecule has 1 unspecified atom stereocenters. The van der Waals surface area contributed by atoms with Gasteiger partial charge >= 0.3 is 0 Å². The number of benzene rings is 2. The van der Waals surface area contributed by atoms with E-state index in [-0.39, 0.29) is 22.5 Å². The van der Waals surface area contributed by atoms with E-state index in [9.17, 15) is 14.4 Å². The molecular formula is C31H24N8O3. The number of nitrogens with zero attached hydrogens (tertiary/aromatic N) is 6. The summed E-state index contributed by atoms with van der Waals surface area (Å²) in [5, 5.41) is 7.41. The van der Waals surface area contributed by atoms with Crippen LogP contribution in [0.2, 0.25) is 0 Å². The quantitative estimate of drug-likeness (QED) is 0.318. The molecule has 4 aromatic heterocycles. The largest absolute Gasteiger partial charge is 0.381 e. The van der Waals surface area contributed by atoms with Gasteiger partial charge in [-0.25, -0.2) is 14.5 Å². The summed E-state index contributed by atoms with van der Waals surface area (Å²) in [7, 11) is 1.65. The second-order valence-electron chi connectivity index (χ2n) is 9.61. The standard InChI is InChI=1S/C31H24N8O3/c1-19(34-30(41)26-27(32)36-38-17-7-16-33-29(26)38)28-35-23-11-6-8-21(14-12-20-13-15-24(40)37(2)18-20)25(23)31(42)39(28)22-9-4-3-5-10-22/h3-11,13,15-19H,1-2H3,(H2,32,36)(H,34,41). The minimum Gasteiger partial charge on any atom is -0.381 e. The fraction of sp³-hybridized carbons (Fsp3) is 0.0968. The molecule has 0 radical (unpaired) electrons. The molecule has 206 valence electrons. The number of hydrogen-bond donors (Lipinski definition) is 2. The predicted molar refractivity (Wildman–Crippen MR) is 158 cm³/mol. The number of para-hydroxylation sites is 1. The Labute approximate surface area is 238 Å². The molecule has 1 atom stereocenters. The van der Waals surface area contributed by atoms with Gasteiger partial charge in [-0.2, -0.15) is 0 Å². The smallest absolute Gasteiger partial charge is 0.267 e. The Morgan fingerprint density at radius 1 is 1.00 bits per heavy atom. The number of aromatic nitrogens is 6. The van der Waals surface area contributed by atoms with Gasteiger partial charge in [0.15, 0.2) is 11.5 Å². The summed E-state index contributed by atoms with van der Waals surface area (Å²) in [5.74, 6) is 5.96. The second-order valence-corrected chi connectivity index (χ2v) is 9.61. The topological polar surface area (TPSA) is 142 Å². The average Bonchev–Trinajstić information content (AvgIpc) is 3.33. The fourth-order valence-corrected chi connectivity index (χ4v) is 4.73. The summed E-state index contributed by atoms with van der Waals surface area (Å²) in [4.78, 5) is 48.4. The molecule has 0 saturated heterocycles. The van der Waals surface area contributed by atoms with E-state index in [4.69, 9.17) is 10.7 Å². The number of carbonyl (C=O) groups excluding carboxylic acids is 1. The van der Waals surface area contributed by atoms with Gasteiger partial charge in [0.05, 0.1) is 22.6 Å². The van der Waals surface area contributed by atoms with Gasteiger partial charge in [0.2, 0.25) is 5.56 Å². The Morgan fingerprint density at radius 2 is 1.81 bits per heavy atom. The highest BCUT2D eigenvalue weighted by Crippen LogP contribution is 2.22. The van der Waals surface area contributed by atoms with Crippen LogP contribution in [0.5, 0.6) is 0 Å². The minimum atomic E-state index is -0.715. The van der Waals surface area contributed by atoms with Crippen molar-refractivity contribution in [2.24, 2.45) is 7.05 Å². The lowest BCUT2D eigenvalue weighted by atomic mass is 10.1. The van der Waals surface area contributed by atoms with Crippen molar-refractivity contribution in [3.05, 3.63) is 129 Å². The van der Waals surface area contributed by atoms with Crippen molar-refractivity contribution in [1.29, 1.82) is 0 Å². The van der Waals surface area contributed by atoms with Crippen LogP contribution >= 0.6 is 0 Å². The molecule has 4 heterocycles. The summed E-state index contributed by atoms with van der Waals surface area (Å²) < 4.78 is 4.35. The van der Waals surface area contributed by atoms with Gasteiger partial charge in [-0.3, -0.25) is 19.0 Å². The summed E-state index contributed by atoms with van der Waals surface area (Å²) in [6, 6.07) is 18.4. The lowest BCUT2D eigenvalue weighted by molar-refractivity contribution is 0.0940. The van der Waals surface area contributed by atoms with E-state index >= 15 is 0 Å². The van der Waals surface area contributed by atoms with Gasteiger partial charge in [0, 0.05) is 42.8 Å². The van der Waals surface area contributed by atoms with Gasteiger partial charge in [0.1, 0.15) is 11.4 Å². The molecule has 2 aromatic carbocycles. The van der Waals surface area contributed by atoms with Gasteiger partial charge in [-0.15, -0.1) is 5.10 Å². The third kappa shape index (κ3) is 4.67. The third-order valence-corrected chi connectivity index (χ3v) is 6.75. The number of fused-ring (bicyclic) bond motifs is 2. The monoisotopic (exact) mass is 556 g/mol. The number of amides is 1. The maximum Gasteiger partial charge on any atom is 0.267 e. The Kier molecular flexibility index (Phi) is 6.56. The van der Waals surface area contributed by atoms with E-state index in [0.29, 0.717) is 39.2 Å². The van der Waals surface area contributed by atoms with Crippen molar-refractivity contribution < 1.29 is 4.79 Å². The zero-order valence-electron chi connectivity index (χ0n) is 22.6. The second kappa shape index (κ2) is 10.5. The normalized spacial score (nSPS) is 11.7. The van der Waals surface area contributed by atoms with Crippen molar-refractivity contribution in [3.8, 4) is 17.5 Å². The number of nitrogens with two attached hydrogens (primary N) is 1. The van der Waals surface area contributed by atoms with Crippen LogP contribution < -0.4 is 22.2 Å². The highest BCUT2D eigenvalue weighted by atomic mass is 16.2. The first-order valence-corrected chi connectivity index (χ1v) is 13.0. The van der Waals surface area contributed by atoms with E-state index in [0.717, 1.165) is 0 Å². The van der Waals surface area contributed by atoms with Crippen LogP contribution in [0.4, 0.5) is 5.82 Å². The number of pyridine rings is 1. The van der Waals surface area contributed by atoms with Crippen molar-refractivity contribution in [2.45, 2.75) is 13.0 Å². The van der Waals surface area contributed by atoms with E-state index in [2.05, 4.69) is 27.2 Å². The van der Waals surface area contributed by atoms with Crippen LogP contribution in [0.1, 0.15) is 40.3 Å². The number of anilines is 1. The maximum atomic E-state index is 14.2. The first-order valence-electron chi connectivity index (χ1n) is 13.0. The molecular weight excluding hydrogens is 532 g/mol. The first kappa shape index (κ1) is 26.2. The summed E-state index contributed by atoms with van der Waals surface area (Å²) in [5.41, 5.74) is 8.12. The molecule has 11 heteroatoms. The van der Waals surface area contributed by atoms with Crippen molar-refractivity contribution in [3.63, 3.8) is 0 Å². The summed E-state index contributed by atoms with van der Waals surface area (Å²) in [6.07, 6.45) is 4.83. The molecule has 0 bridgehead atoms. The van der Waals surface area contributed by atoms with E-state index in [1.807, 2.05) is 18.2 Å². The molecule has 11 nitrogen and oxygen atoms in total. The van der Waals surface area contributed by atoms with Crippen LogP contribution in [-0.2, 0) is 7.05 Å². The fourth-order valence-electron chi connectivity index (χ4n) is 4.73. The number of rotatable bonds is 4. The number of nitrogens with one attached hydrogen (secondary N) is 1. The summed E-state index contributed by atoms with van der Waals surface area (Å²) >= 11 is 0. The van der Waals surface area contributed by atoms with E-state index in [1.165, 1.54) is 19.7 Å². The molecule has 3 N–H and O–H groups in total. The van der Waals surface area contributed by atoms with Crippen LogP contribution in [0.15, 0.2) is 94.9 Å². The first-order chi connectivity index (χ1) is 20.3. The van der Waals surface area contributed by atoms with Crippen LogP contribution in [-0.4, -0.2) is 34.6 Å². The molecule has 0 aliphatic rings. The number of nitrogen functional groups attached to an aromatic ring is 1. The summed E-state index contributed by atoms with van der Waals surface area (Å²) in [6.45, 7) is 1.74. The van der Waals surface area contributed by atoms with Gasteiger partial charge < -0.3 is 15.6 Å². The third-order valence-electron chi connectivity index (χ3n) is 6.75. The van der Waals surface area contributed by atoms with E-state index in [1.54, 1.807) is 75.0 Å². The number of carbonyl (C=O) groups is 1. The molecule has 0 fully saturated rings. The molecule has 0 spiro atoms. The molecule has 42 heavy (non-hydrogen) atoms. The Balaban J connectivity index is 1.47. The number of hydrogen-bond acceptors (Lipinski definition) is 7. The van der Waals surface area contributed by atoms with Crippen LogP contribution in [0.3, 0.4) is 0 Å². The highest BCUT2D eigenvalue weighted by Gasteiger charge is 2.24. The lowest BCUT2D eigenvalue weighted by Crippen LogP contribution is -2.33. The van der Waals surface area contributed by atoms with Gasteiger partial charge in [0.25, 0.3) is 11.5 Å². The highest BCUT2D eigenvalue weighted by molar-refractivity contribution is 6.04.